The molecule has 1 saturated carbocycles. The average Bonchev–Trinajstić information content (AvgIpc) is 3.00. The summed E-state index contributed by atoms with van der Waals surface area (Å²) in [4.78, 5) is 4.47. The van der Waals surface area contributed by atoms with Crippen molar-refractivity contribution in [3.05, 3.63) is 11.7 Å². The topological polar surface area (TPSA) is 83.4 Å². The van der Waals surface area contributed by atoms with Crippen molar-refractivity contribution in [3.63, 3.8) is 0 Å². The van der Waals surface area contributed by atoms with Gasteiger partial charge in [-0.05, 0) is 31.6 Å². The fourth-order valence-corrected chi connectivity index (χ4v) is 3.02. The van der Waals surface area contributed by atoms with Gasteiger partial charge in [0.15, 0.2) is 0 Å². The van der Waals surface area contributed by atoms with Crippen LogP contribution in [0.2, 0.25) is 0 Å². The van der Waals surface area contributed by atoms with Gasteiger partial charge < -0.3 is 19.7 Å². The molecule has 0 bridgehead atoms. The standard InChI is InChI=1S/C14H23N3O3/c1-2-10-3-5-14(15,6-4-10)13-16-12(17-20-13)11-9-18-7-8-19-11/h10-11H,2-9,15H2,1H3. The predicted molar refractivity (Wildman–Crippen MR) is 71.9 cm³/mol. The monoisotopic (exact) mass is 281 g/mol. The van der Waals surface area contributed by atoms with Crippen LogP contribution in [0.1, 0.15) is 56.8 Å². The summed E-state index contributed by atoms with van der Waals surface area (Å²) < 4.78 is 16.4. The molecule has 112 valence electrons. The van der Waals surface area contributed by atoms with Crippen LogP contribution in [0.5, 0.6) is 0 Å². The zero-order chi connectivity index (χ0) is 14.0. The normalized spacial score (nSPS) is 35.1. The molecule has 6 heteroatoms. The molecule has 1 aromatic rings. The molecule has 6 nitrogen and oxygen atoms in total. The molecule has 1 atom stereocenters. The lowest BCUT2D eigenvalue weighted by atomic mass is 9.76. The summed E-state index contributed by atoms with van der Waals surface area (Å²) >= 11 is 0. The smallest absolute Gasteiger partial charge is 0.246 e. The number of nitrogens with two attached hydrogens (primary N) is 1. The molecule has 0 spiro atoms. The Bertz CT molecular complexity index is 435. The Hall–Kier alpha value is -0.980. The van der Waals surface area contributed by atoms with Crippen molar-refractivity contribution in [3.8, 4) is 0 Å². The van der Waals surface area contributed by atoms with Crippen molar-refractivity contribution >= 4 is 0 Å². The van der Waals surface area contributed by atoms with Gasteiger partial charge in [0.2, 0.25) is 11.7 Å². The molecule has 2 heterocycles. The lowest BCUT2D eigenvalue weighted by Gasteiger charge is -2.33. The molecule has 1 aliphatic carbocycles. The Labute approximate surface area is 119 Å². The number of rotatable bonds is 3. The summed E-state index contributed by atoms with van der Waals surface area (Å²) in [6, 6.07) is 0. The van der Waals surface area contributed by atoms with E-state index in [1.807, 2.05) is 0 Å². The van der Waals surface area contributed by atoms with Gasteiger partial charge in [0.1, 0.15) is 6.10 Å². The molecular weight excluding hydrogens is 258 g/mol. The van der Waals surface area contributed by atoms with Gasteiger partial charge in [-0.3, -0.25) is 0 Å². The minimum Gasteiger partial charge on any atom is -0.376 e. The van der Waals surface area contributed by atoms with Crippen LogP contribution in [0.25, 0.3) is 0 Å². The number of ether oxygens (including phenoxy) is 2. The molecule has 20 heavy (non-hydrogen) atoms. The lowest BCUT2D eigenvalue weighted by Crippen LogP contribution is -2.40. The summed E-state index contributed by atoms with van der Waals surface area (Å²) in [6.45, 7) is 3.91. The summed E-state index contributed by atoms with van der Waals surface area (Å²) in [5, 5.41) is 4.03. The third kappa shape index (κ3) is 2.73. The second kappa shape index (κ2) is 5.79. The molecule has 1 unspecified atom stereocenters. The second-order valence-electron chi connectivity index (χ2n) is 5.90. The molecule has 0 aromatic carbocycles. The SMILES string of the molecule is CCC1CCC(N)(c2nc(C3COCCO3)no2)CC1. The van der Waals surface area contributed by atoms with Gasteiger partial charge in [-0.15, -0.1) is 0 Å². The molecule has 1 aliphatic heterocycles. The van der Waals surface area contributed by atoms with Gasteiger partial charge in [-0.1, -0.05) is 18.5 Å². The summed E-state index contributed by atoms with van der Waals surface area (Å²) in [5.74, 6) is 1.89. The van der Waals surface area contributed by atoms with E-state index in [1.165, 1.54) is 6.42 Å². The lowest BCUT2D eigenvalue weighted by molar-refractivity contribution is -0.0941. The van der Waals surface area contributed by atoms with E-state index >= 15 is 0 Å². The highest BCUT2D eigenvalue weighted by atomic mass is 16.6. The molecule has 1 aromatic heterocycles. The minimum atomic E-state index is -0.466. The summed E-state index contributed by atoms with van der Waals surface area (Å²) in [7, 11) is 0. The first-order chi connectivity index (χ1) is 9.71. The molecule has 0 amide bonds. The number of aromatic nitrogens is 2. The van der Waals surface area contributed by atoms with Crippen LogP contribution in [0.4, 0.5) is 0 Å². The molecular formula is C14H23N3O3. The Morgan fingerprint density at radius 2 is 2.10 bits per heavy atom. The van der Waals surface area contributed by atoms with Crippen molar-refractivity contribution in [1.82, 2.24) is 10.1 Å². The van der Waals surface area contributed by atoms with Crippen molar-refractivity contribution in [2.75, 3.05) is 19.8 Å². The summed E-state index contributed by atoms with van der Waals surface area (Å²) in [6.07, 6.45) is 5.08. The van der Waals surface area contributed by atoms with Crippen molar-refractivity contribution in [2.24, 2.45) is 11.7 Å². The van der Waals surface area contributed by atoms with Gasteiger partial charge in [-0.25, -0.2) is 0 Å². The molecule has 2 aliphatic rings. The first-order valence-corrected chi connectivity index (χ1v) is 7.53. The van der Waals surface area contributed by atoms with E-state index in [9.17, 15) is 0 Å². The van der Waals surface area contributed by atoms with Crippen molar-refractivity contribution < 1.29 is 14.0 Å². The van der Waals surface area contributed by atoms with Crippen molar-refractivity contribution in [2.45, 2.75) is 50.7 Å². The first-order valence-electron chi connectivity index (χ1n) is 7.53. The van der Waals surface area contributed by atoms with Crippen LogP contribution < -0.4 is 5.73 Å². The Balaban J connectivity index is 1.69. The second-order valence-corrected chi connectivity index (χ2v) is 5.90. The van der Waals surface area contributed by atoms with E-state index in [1.54, 1.807) is 0 Å². The van der Waals surface area contributed by atoms with E-state index in [-0.39, 0.29) is 6.10 Å². The van der Waals surface area contributed by atoms with Gasteiger partial charge in [-0.2, -0.15) is 4.98 Å². The van der Waals surface area contributed by atoms with Gasteiger partial charge in [0.25, 0.3) is 0 Å². The molecule has 2 N–H and O–H groups in total. The zero-order valence-electron chi connectivity index (χ0n) is 12.0. The van der Waals surface area contributed by atoms with E-state index in [0.717, 1.165) is 31.6 Å². The fourth-order valence-electron chi connectivity index (χ4n) is 3.02. The first kappa shape index (κ1) is 14.0. The van der Waals surface area contributed by atoms with E-state index in [4.69, 9.17) is 19.7 Å². The van der Waals surface area contributed by atoms with Crippen LogP contribution in [0.15, 0.2) is 4.52 Å². The molecule has 0 radical (unpaired) electrons. The Morgan fingerprint density at radius 3 is 2.75 bits per heavy atom. The Kier molecular flexibility index (Phi) is 4.05. The highest BCUT2D eigenvalue weighted by Crippen LogP contribution is 2.38. The van der Waals surface area contributed by atoms with Crippen molar-refractivity contribution in [1.29, 1.82) is 0 Å². The van der Waals surface area contributed by atoms with Gasteiger partial charge in [0, 0.05) is 0 Å². The molecule has 1 saturated heterocycles. The van der Waals surface area contributed by atoms with E-state index in [2.05, 4.69) is 17.1 Å². The average molecular weight is 281 g/mol. The van der Waals surface area contributed by atoms with E-state index < -0.39 is 5.54 Å². The Morgan fingerprint density at radius 1 is 1.30 bits per heavy atom. The molecule has 2 fully saturated rings. The molecule has 3 rings (SSSR count). The highest BCUT2D eigenvalue weighted by Gasteiger charge is 2.38. The minimum absolute atomic E-state index is 0.225. The maximum absolute atomic E-state index is 6.47. The van der Waals surface area contributed by atoms with Gasteiger partial charge >= 0.3 is 0 Å². The zero-order valence-corrected chi connectivity index (χ0v) is 12.0. The quantitative estimate of drug-likeness (QED) is 0.911. The van der Waals surface area contributed by atoms with Crippen LogP contribution in [0, 0.1) is 5.92 Å². The van der Waals surface area contributed by atoms with Crippen LogP contribution in [-0.4, -0.2) is 30.0 Å². The summed E-state index contributed by atoms with van der Waals surface area (Å²) in [5.41, 5.74) is 6.01. The van der Waals surface area contributed by atoms with Crippen LogP contribution >= 0.6 is 0 Å². The van der Waals surface area contributed by atoms with E-state index in [0.29, 0.717) is 31.5 Å². The number of hydrogen-bond acceptors (Lipinski definition) is 6. The van der Waals surface area contributed by atoms with Crippen LogP contribution in [0.3, 0.4) is 0 Å². The van der Waals surface area contributed by atoms with Gasteiger partial charge in [0.05, 0.1) is 25.4 Å². The number of nitrogens with zero attached hydrogens (tertiary/aromatic N) is 2. The third-order valence-corrected chi connectivity index (χ3v) is 4.55. The predicted octanol–water partition coefficient (Wildman–Crippen LogP) is 1.91. The highest BCUT2D eigenvalue weighted by molar-refractivity contribution is 5.05. The van der Waals surface area contributed by atoms with Crippen LogP contribution in [-0.2, 0) is 15.0 Å². The fraction of sp³-hybridized carbons (Fsp3) is 0.857. The maximum atomic E-state index is 6.47. The third-order valence-electron chi connectivity index (χ3n) is 4.55. The number of hydrogen-bond donors (Lipinski definition) is 1. The largest absolute Gasteiger partial charge is 0.376 e. The maximum Gasteiger partial charge on any atom is 0.246 e.